The zero-order valence-electron chi connectivity index (χ0n) is 13.6. The van der Waals surface area contributed by atoms with Gasteiger partial charge in [0.25, 0.3) is 0 Å². The summed E-state index contributed by atoms with van der Waals surface area (Å²) < 4.78 is 5.01. The third-order valence-electron chi connectivity index (χ3n) is 3.31. The van der Waals surface area contributed by atoms with Gasteiger partial charge in [-0.15, -0.1) is 0 Å². The van der Waals surface area contributed by atoms with Crippen molar-refractivity contribution in [1.29, 1.82) is 0 Å². The molecule has 3 aromatic rings. The van der Waals surface area contributed by atoms with E-state index in [9.17, 15) is 9.59 Å². The number of aromatic carboxylic acids is 1. The number of H-pyrrole nitrogens is 1. The molecule has 0 aliphatic carbocycles. The molecule has 0 saturated heterocycles. The number of fused-ring (bicyclic) bond motifs is 1. The van der Waals surface area contributed by atoms with Gasteiger partial charge in [0, 0.05) is 5.56 Å². The number of benzene rings is 1. The topological polar surface area (TPSA) is 117 Å². The number of imidazole rings is 1. The molecule has 0 radical (unpaired) electrons. The van der Waals surface area contributed by atoms with Crippen molar-refractivity contribution >= 4 is 28.9 Å². The van der Waals surface area contributed by atoms with E-state index in [0.717, 1.165) is 0 Å². The molecule has 0 atom stereocenters. The van der Waals surface area contributed by atoms with Crippen LogP contribution in [0, 0.1) is 0 Å². The molecule has 0 spiro atoms. The summed E-state index contributed by atoms with van der Waals surface area (Å²) in [6.45, 7) is 3.51. The summed E-state index contributed by atoms with van der Waals surface area (Å²) in [4.78, 5) is 34.4. The number of carbonyl (C=O) groups excluding carboxylic acids is 1. The Morgan fingerprint density at radius 1 is 1.28 bits per heavy atom. The van der Waals surface area contributed by atoms with Crippen LogP contribution in [0.3, 0.4) is 0 Å². The number of rotatable bonds is 4. The Kier molecular flexibility index (Phi) is 4.34. The first kappa shape index (κ1) is 16.4. The Labute approximate surface area is 142 Å². The second-order valence-corrected chi connectivity index (χ2v) is 5.64. The third kappa shape index (κ3) is 3.74. The van der Waals surface area contributed by atoms with E-state index in [2.05, 4.69) is 20.3 Å². The molecule has 1 aromatic carbocycles. The van der Waals surface area contributed by atoms with Crippen molar-refractivity contribution in [3.05, 3.63) is 42.1 Å². The fraction of sp³-hybridized carbons (Fsp3) is 0.176. The van der Waals surface area contributed by atoms with Gasteiger partial charge in [0.2, 0.25) is 0 Å². The molecule has 128 valence electrons. The summed E-state index contributed by atoms with van der Waals surface area (Å²) in [5.41, 5.74) is 2.32. The molecule has 3 rings (SSSR count). The molecule has 0 aliphatic heterocycles. The number of nitrogens with one attached hydrogen (secondary N) is 2. The van der Waals surface area contributed by atoms with E-state index < -0.39 is 12.1 Å². The van der Waals surface area contributed by atoms with Crippen molar-refractivity contribution in [1.82, 2.24) is 15.0 Å². The van der Waals surface area contributed by atoms with Gasteiger partial charge in [-0.05, 0) is 32.0 Å². The van der Waals surface area contributed by atoms with Gasteiger partial charge in [0.05, 0.1) is 23.6 Å². The molecule has 8 nitrogen and oxygen atoms in total. The lowest BCUT2D eigenvalue weighted by molar-refractivity contribution is 0.0696. The number of carbonyl (C=O) groups is 2. The highest BCUT2D eigenvalue weighted by atomic mass is 16.6. The zero-order valence-corrected chi connectivity index (χ0v) is 13.6. The second-order valence-electron chi connectivity index (χ2n) is 5.64. The van der Waals surface area contributed by atoms with Gasteiger partial charge < -0.3 is 14.8 Å². The van der Waals surface area contributed by atoms with E-state index in [1.165, 1.54) is 18.3 Å². The molecule has 0 fully saturated rings. The Hall–Kier alpha value is -3.42. The second kappa shape index (κ2) is 6.60. The van der Waals surface area contributed by atoms with Crippen molar-refractivity contribution < 1.29 is 19.4 Å². The molecule has 0 aliphatic rings. The van der Waals surface area contributed by atoms with Gasteiger partial charge in [0.1, 0.15) is 11.3 Å². The van der Waals surface area contributed by atoms with Gasteiger partial charge in [0.15, 0.2) is 5.65 Å². The highest BCUT2D eigenvalue weighted by molar-refractivity contribution is 5.90. The third-order valence-corrected chi connectivity index (χ3v) is 3.31. The number of carboxylic acids is 1. The van der Waals surface area contributed by atoms with E-state index in [1.54, 1.807) is 32.0 Å². The fourth-order valence-electron chi connectivity index (χ4n) is 2.26. The number of pyridine rings is 1. The van der Waals surface area contributed by atoms with Crippen LogP contribution in [0.2, 0.25) is 0 Å². The molecular formula is C17H16N4O4. The maximum absolute atomic E-state index is 11.6. The average Bonchev–Trinajstić information content (AvgIpc) is 2.97. The maximum Gasteiger partial charge on any atom is 0.411 e. The lowest BCUT2D eigenvalue weighted by Crippen LogP contribution is -2.18. The minimum atomic E-state index is -1.01. The van der Waals surface area contributed by atoms with Gasteiger partial charge in [-0.25, -0.2) is 19.6 Å². The molecule has 0 saturated carbocycles. The van der Waals surface area contributed by atoms with Crippen molar-refractivity contribution in [2.75, 3.05) is 5.32 Å². The largest absolute Gasteiger partial charge is 0.478 e. The van der Waals surface area contributed by atoms with Crippen LogP contribution in [0.5, 0.6) is 0 Å². The number of nitrogens with zero attached hydrogens (tertiary/aromatic N) is 2. The van der Waals surface area contributed by atoms with Gasteiger partial charge >= 0.3 is 12.1 Å². The number of amides is 1. The molecule has 0 bridgehead atoms. The SMILES string of the molecule is CC(C)OC(=O)Nc1cnc2[nH]c(-c3cccc(C(=O)O)c3)nc2c1. The van der Waals surface area contributed by atoms with Crippen LogP contribution in [0.15, 0.2) is 36.5 Å². The molecular weight excluding hydrogens is 324 g/mol. The number of carboxylic acid groups (broad SMARTS) is 1. The van der Waals surface area contributed by atoms with E-state index in [4.69, 9.17) is 9.84 Å². The van der Waals surface area contributed by atoms with Gasteiger partial charge in [-0.3, -0.25) is 5.32 Å². The van der Waals surface area contributed by atoms with Gasteiger partial charge in [-0.1, -0.05) is 12.1 Å². The minimum absolute atomic E-state index is 0.171. The summed E-state index contributed by atoms with van der Waals surface area (Å²) in [5.74, 6) is -0.515. The Morgan fingerprint density at radius 3 is 2.80 bits per heavy atom. The highest BCUT2D eigenvalue weighted by Gasteiger charge is 2.11. The monoisotopic (exact) mass is 340 g/mol. The molecule has 2 aromatic heterocycles. The number of ether oxygens (including phenoxy) is 1. The summed E-state index contributed by atoms with van der Waals surface area (Å²) in [6, 6.07) is 8.09. The molecule has 1 amide bonds. The predicted octanol–water partition coefficient (Wildman–Crippen LogP) is 3.28. The minimum Gasteiger partial charge on any atom is -0.478 e. The maximum atomic E-state index is 11.6. The van der Waals surface area contributed by atoms with E-state index >= 15 is 0 Å². The highest BCUT2D eigenvalue weighted by Crippen LogP contribution is 2.22. The van der Waals surface area contributed by atoms with Crippen LogP contribution >= 0.6 is 0 Å². The Balaban J connectivity index is 1.89. The number of hydrogen-bond donors (Lipinski definition) is 3. The molecule has 3 N–H and O–H groups in total. The molecule has 8 heteroatoms. The van der Waals surface area contributed by atoms with Crippen molar-refractivity contribution in [2.45, 2.75) is 20.0 Å². The smallest absolute Gasteiger partial charge is 0.411 e. The first-order chi connectivity index (χ1) is 11.9. The van der Waals surface area contributed by atoms with Crippen LogP contribution in [0.4, 0.5) is 10.5 Å². The number of aromatic amines is 1. The van der Waals surface area contributed by atoms with Crippen molar-refractivity contribution in [2.24, 2.45) is 0 Å². The van der Waals surface area contributed by atoms with E-state index in [1.807, 2.05) is 0 Å². The number of hydrogen-bond acceptors (Lipinski definition) is 5. The summed E-state index contributed by atoms with van der Waals surface area (Å²) in [7, 11) is 0. The van der Waals surface area contributed by atoms with Crippen molar-refractivity contribution in [3.63, 3.8) is 0 Å². The van der Waals surface area contributed by atoms with E-state index in [-0.39, 0.29) is 11.7 Å². The molecule has 0 unspecified atom stereocenters. The fourth-order valence-corrected chi connectivity index (χ4v) is 2.26. The first-order valence-electron chi connectivity index (χ1n) is 7.59. The summed E-state index contributed by atoms with van der Waals surface area (Å²) in [6.07, 6.45) is 0.691. The van der Waals surface area contributed by atoms with Crippen LogP contribution in [-0.4, -0.2) is 38.2 Å². The Bertz CT molecular complexity index is 949. The number of aromatic nitrogens is 3. The zero-order chi connectivity index (χ0) is 18.0. The van der Waals surface area contributed by atoms with E-state index in [0.29, 0.717) is 28.2 Å². The lowest BCUT2D eigenvalue weighted by atomic mass is 10.1. The van der Waals surface area contributed by atoms with Crippen LogP contribution in [0.1, 0.15) is 24.2 Å². The lowest BCUT2D eigenvalue weighted by Gasteiger charge is -2.08. The van der Waals surface area contributed by atoms with Crippen LogP contribution in [-0.2, 0) is 4.74 Å². The normalized spacial score (nSPS) is 10.8. The average molecular weight is 340 g/mol. The Morgan fingerprint density at radius 2 is 2.08 bits per heavy atom. The summed E-state index contributed by atoms with van der Waals surface area (Å²) in [5, 5.41) is 11.7. The van der Waals surface area contributed by atoms with Crippen LogP contribution < -0.4 is 5.32 Å². The predicted molar refractivity (Wildman–Crippen MR) is 91.5 cm³/mol. The standard InChI is InChI=1S/C17H16N4O4/c1-9(2)25-17(24)19-12-7-13-15(18-8-12)21-14(20-13)10-4-3-5-11(6-10)16(22)23/h3-9H,1-2H3,(H,19,24)(H,22,23)(H,18,20,21). The first-order valence-corrected chi connectivity index (χ1v) is 7.59. The van der Waals surface area contributed by atoms with Crippen molar-refractivity contribution in [3.8, 4) is 11.4 Å². The molecule has 25 heavy (non-hydrogen) atoms. The van der Waals surface area contributed by atoms with Crippen LogP contribution in [0.25, 0.3) is 22.6 Å². The summed E-state index contributed by atoms with van der Waals surface area (Å²) >= 11 is 0. The molecule has 2 heterocycles. The quantitative estimate of drug-likeness (QED) is 0.671. The number of anilines is 1. The van der Waals surface area contributed by atoms with Gasteiger partial charge in [-0.2, -0.15) is 0 Å².